The van der Waals surface area contributed by atoms with Gasteiger partial charge in [-0.15, -0.1) is 0 Å². The summed E-state index contributed by atoms with van der Waals surface area (Å²) < 4.78 is 0. The molecule has 4 nitrogen and oxygen atoms in total. The minimum Gasteiger partial charge on any atom is -0.394 e. The first-order valence-electron chi connectivity index (χ1n) is 5.40. The first kappa shape index (κ1) is 12.7. The van der Waals surface area contributed by atoms with Crippen LogP contribution in [0.15, 0.2) is 30.3 Å². The van der Waals surface area contributed by atoms with E-state index in [-0.39, 0.29) is 12.6 Å². The Bertz CT molecular complexity index is 327. The standard InChI is InChI=1S/C12H18N2O2/c1-2-10(12(13)16)14-11(8-15)9-6-4-3-5-7-9/h3-7,10-11,14-15H,2,8H2,1H3,(H2,13,16). The predicted molar refractivity (Wildman–Crippen MR) is 62.7 cm³/mol. The van der Waals surface area contributed by atoms with Crippen molar-refractivity contribution in [2.24, 2.45) is 5.73 Å². The van der Waals surface area contributed by atoms with Crippen LogP contribution in [0.4, 0.5) is 0 Å². The molecule has 0 aliphatic rings. The number of nitrogens with two attached hydrogens (primary N) is 1. The molecule has 0 bridgehead atoms. The molecule has 1 rings (SSSR count). The molecule has 0 saturated heterocycles. The topological polar surface area (TPSA) is 75.3 Å². The van der Waals surface area contributed by atoms with E-state index in [1.165, 1.54) is 0 Å². The lowest BCUT2D eigenvalue weighted by Gasteiger charge is -2.21. The first-order chi connectivity index (χ1) is 7.69. The highest BCUT2D eigenvalue weighted by atomic mass is 16.3. The van der Waals surface area contributed by atoms with E-state index in [4.69, 9.17) is 5.73 Å². The van der Waals surface area contributed by atoms with E-state index < -0.39 is 11.9 Å². The minimum atomic E-state index is -0.405. The number of hydrogen-bond acceptors (Lipinski definition) is 3. The zero-order valence-corrected chi connectivity index (χ0v) is 9.39. The number of amides is 1. The Kier molecular flexibility index (Phi) is 4.95. The summed E-state index contributed by atoms with van der Waals surface area (Å²) in [6.45, 7) is 1.82. The van der Waals surface area contributed by atoms with Gasteiger partial charge in [0.2, 0.25) is 5.91 Å². The van der Waals surface area contributed by atoms with Crippen molar-refractivity contribution < 1.29 is 9.90 Å². The number of benzene rings is 1. The number of aliphatic hydroxyl groups excluding tert-OH is 1. The van der Waals surface area contributed by atoms with Gasteiger partial charge in [-0.3, -0.25) is 10.1 Å². The second kappa shape index (κ2) is 6.25. The van der Waals surface area contributed by atoms with E-state index >= 15 is 0 Å². The molecule has 88 valence electrons. The summed E-state index contributed by atoms with van der Waals surface area (Å²) in [7, 11) is 0. The van der Waals surface area contributed by atoms with Crippen LogP contribution in [0.2, 0.25) is 0 Å². The zero-order chi connectivity index (χ0) is 12.0. The van der Waals surface area contributed by atoms with Crippen LogP contribution in [-0.2, 0) is 4.79 Å². The predicted octanol–water partition coefficient (Wildman–Crippen LogP) is 0.574. The van der Waals surface area contributed by atoms with E-state index in [0.717, 1.165) is 5.56 Å². The number of nitrogens with one attached hydrogen (secondary N) is 1. The number of carbonyl (C=O) groups is 1. The summed E-state index contributed by atoms with van der Waals surface area (Å²) in [6, 6.07) is 8.85. The maximum atomic E-state index is 11.1. The molecule has 1 amide bonds. The van der Waals surface area contributed by atoms with Gasteiger partial charge in [0.25, 0.3) is 0 Å². The molecule has 0 aliphatic carbocycles. The minimum absolute atomic E-state index is 0.0617. The molecular formula is C12H18N2O2. The number of hydrogen-bond donors (Lipinski definition) is 3. The molecule has 4 heteroatoms. The maximum absolute atomic E-state index is 11.1. The molecular weight excluding hydrogens is 204 g/mol. The van der Waals surface area contributed by atoms with Gasteiger partial charge < -0.3 is 10.8 Å². The van der Waals surface area contributed by atoms with E-state index in [2.05, 4.69) is 5.32 Å². The van der Waals surface area contributed by atoms with Crippen molar-refractivity contribution >= 4 is 5.91 Å². The van der Waals surface area contributed by atoms with Gasteiger partial charge >= 0.3 is 0 Å². The Hall–Kier alpha value is -1.39. The summed E-state index contributed by atoms with van der Waals surface area (Å²) in [6.07, 6.45) is 0.610. The van der Waals surface area contributed by atoms with Gasteiger partial charge in [0.15, 0.2) is 0 Å². The van der Waals surface area contributed by atoms with Gasteiger partial charge in [0.05, 0.1) is 18.7 Å². The number of rotatable bonds is 6. The van der Waals surface area contributed by atoms with Crippen LogP contribution in [0.1, 0.15) is 24.9 Å². The van der Waals surface area contributed by atoms with Gasteiger partial charge in [-0.05, 0) is 12.0 Å². The van der Waals surface area contributed by atoms with Gasteiger partial charge in [-0.1, -0.05) is 37.3 Å². The SMILES string of the molecule is CCC(NC(CO)c1ccccc1)C(N)=O. The highest BCUT2D eigenvalue weighted by molar-refractivity contribution is 5.79. The van der Waals surface area contributed by atoms with Gasteiger partial charge in [-0.25, -0.2) is 0 Å². The molecule has 0 radical (unpaired) electrons. The molecule has 0 fully saturated rings. The van der Waals surface area contributed by atoms with Crippen molar-refractivity contribution in [3.8, 4) is 0 Å². The lowest BCUT2D eigenvalue weighted by Crippen LogP contribution is -2.43. The lowest BCUT2D eigenvalue weighted by molar-refractivity contribution is -0.120. The molecule has 2 atom stereocenters. The molecule has 4 N–H and O–H groups in total. The number of primary amides is 1. The smallest absolute Gasteiger partial charge is 0.234 e. The highest BCUT2D eigenvalue weighted by Crippen LogP contribution is 2.12. The molecule has 1 aromatic rings. The van der Waals surface area contributed by atoms with Crippen molar-refractivity contribution in [1.29, 1.82) is 0 Å². The Balaban J connectivity index is 2.72. The normalized spacial score (nSPS) is 14.4. The number of carbonyl (C=O) groups excluding carboxylic acids is 1. The summed E-state index contributed by atoms with van der Waals surface area (Å²) in [5.74, 6) is -0.392. The van der Waals surface area contributed by atoms with E-state index in [1.807, 2.05) is 37.3 Å². The fraction of sp³-hybridized carbons (Fsp3) is 0.417. The Morgan fingerprint density at radius 2 is 2.06 bits per heavy atom. The molecule has 0 spiro atoms. The molecule has 0 aromatic heterocycles. The van der Waals surface area contributed by atoms with Crippen LogP contribution < -0.4 is 11.1 Å². The van der Waals surface area contributed by atoms with Crippen LogP contribution in [-0.4, -0.2) is 23.7 Å². The van der Waals surface area contributed by atoms with Crippen LogP contribution in [0.5, 0.6) is 0 Å². The van der Waals surface area contributed by atoms with Crippen LogP contribution >= 0.6 is 0 Å². The van der Waals surface area contributed by atoms with Crippen molar-refractivity contribution in [2.75, 3.05) is 6.61 Å². The van der Waals surface area contributed by atoms with Crippen molar-refractivity contribution in [3.63, 3.8) is 0 Å². The van der Waals surface area contributed by atoms with Crippen molar-refractivity contribution in [3.05, 3.63) is 35.9 Å². The van der Waals surface area contributed by atoms with E-state index in [9.17, 15) is 9.90 Å². The van der Waals surface area contributed by atoms with Gasteiger partial charge in [0.1, 0.15) is 0 Å². The molecule has 16 heavy (non-hydrogen) atoms. The average molecular weight is 222 g/mol. The van der Waals surface area contributed by atoms with E-state index in [0.29, 0.717) is 6.42 Å². The Morgan fingerprint density at radius 1 is 1.44 bits per heavy atom. The first-order valence-corrected chi connectivity index (χ1v) is 5.40. The quantitative estimate of drug-likeness (QED) is 0.659. The third kappa shape index (κ3) is 3.32. The molecule has 0 aliphatic heterocycles. The fourth-order valence-electron chi connectivity index (χ4n) is 1.58. The highest BCUT2D eigenvalue weighted by Gasteiger charge is 2.18. The third-order valence-corrected chi connectivity index (χ3v) is 2.54. The molecule has 1 aromatic carbocycles. The molecule has 0 heterocycles. The second-order valence-corrected chi connectivity index (χ2v) is 3.68. The average Bonchev–Trinajstić information content (AvgIpc) is 2.31. The monoisotopic (exact) mass is 222 g/mol. The van der Waals surface area contributed by atoms with Crippen LogP contribution in [0.25, 0.3) is 0 Å². The van der Waals surface area contributed by atoms with E-state index in [1.54, 1.807) is 0 Å². The second-order valence-electron chi connectivity index (χ2n) is 3.68. The van der Waals surface area contributed by atoms with Crippen molar-refractivity contribution in [2.45, 2.75) is 25.4 Å². The van der Waals surface area contributed by atoms with Crippen LogP contribution in [0.3, 0.4) is 0 Å². The summed E-state index contributed by atoms with van der Waals surface area (Å²) in [5, 5.41) is 12.3. The maximum Gasteiger partial charge on any atom is 0.234 e. The zero-order valence-electron chi connectivity index (χ0n) is 9.39. The molecule has 2 unspecified atom stereocenters. The largest absolute Gasteiger partial charge is 0.394 e. The third-order valence-electron chi connectivity index (χ3n) is 2.54. The summed E-state index contributed by atoms with van der Waals surface area (Å²) in [4.78, 5) is 11.1. The lowest BCUT2D eigenvalue weighted by atomic mass is 10.1. The molecule has 0 saturated carbocycles. The number of aliphatic hydroxyl groups is 1. The van der Waals surface area contributed by atoms with Crippen LogP contribution in [0, 0.1) is 0 Å². The van der Waals surface area contributed by atoms with Gasteiger partial charge in [-0.2, -0.15) is 0 Å². The van der Waals surface area contributed by atoms with Crippen molar-refractivity contribution in [1.82, 2.24) is 5.32 Å². The summed E-state index contributed by atoms with van der Waals surface area (Å²) in [5.41, 5.74) is 6.19. The summed E-state index contributed by atoms with van der Waals surface area (Å²) >= 11 is 0. The fourth-order valence-corrected chi connectivity index (χ4v) is 1.58. The van der Waals surface area contributed by atoms with Gasteiger partial charge in [0, 0.05) is 0 Å². The Labute approximate surface area is 95.5 Å². The Morgan fingerprint density at radius 3 is 2.50 bits per heavy atom.